The molecule has 5 atom stereocenters. The molecule has 190 valence electrons. The van der Waals surface area contributed by atoms with Crippen LogP contribution in [-0.4, -0.2) is 47.1 Å². The number of hydrogen-bond acceptors (Lipinski definition) is 5. The van der Waals surface area contributed by atoms with E-state index in [9.17, 15) is 36.4 Å². The van der Waals surface area contributed by atoms with E-state index in [0.29, 0.717) is 0 Å². The highest BCUT2D eigenvalue weighted by molar-refractivity contribution is 5.86. The summed E-state index contributed by atoms with van der Waals surface area (Å²) in [5.74, 6) is -8.24. The number of nitrogens with two attached hydrogens (primary N) is 1. The van der Waals surface area contributed by atoms with E-state index >= 15 is 0 Å². The second-order valence-electron chi connectivity index (χ2n) is 8.30. The Morgan fingerprint density at radius 1 is 1.29 bits per heavy atom. The molecule has 2 amide bonds. The minimum absolute atomic E-state index is 0.0863. The molecule has 3 N–H and O–H groups in total. The Labute approximate surface area is 196 Å². The van der Waals surface area contributed by atoms with Gasteiger partial charge in [-0.25, -0.2) is 4.39 Å². The van der Waals surface area contributed by atoms with Crippen LogP contribution in [0.3, 0.4) is 0 Å². The first-order valence-electron chi connectivity index (χ1n) is 10.5. The van der Waals surface area contributed by atoms with Crippen LogP contribution in [0.1, 0.15) is 32.3 Å². The van der Waals surface area contributed by atoms with Crippen molar-refractivity contribution in [1.29, 1.82) is 0 Å². The molecule has 1 aromatic carbocycles. The molecule has 1 aromatic rings. The summed E-state index contributed by atoms with van der Waals surface area (Å²) in [6, 6.07) is 0.324. The van der Waals surface area contributed by atoms with E-state index in [2.05, 4.69) is 5.32 Å². The van der Waals surface area contributed by atoms with Crippen LogP contribution in [0.4, 0.5) is 22.0 Å². The minimum atomic E-state index is -4.92. The summed E-state index contributed by atoms with van der Waals surface area (Å²) in [5, 5.41) is 2.31. The molecule has 1 fully saturated rings. The second kappa shape index (κ2) is 9.36. The van der Waals surface area contributed by atoms with E-state index in [1.165, 1.54) is 13.8 Å². The quantitative estimate of drug-likeness (QED) is 0.457. The van der Waals surface area contributed by atoms with Gasteiger partial charge in [-0.3, -0.25) is 9.59 Å². The number of rotatable bonds is 6. The zero-order valence-corrected chi connectivity index (χ0v) is 18.9. The number of alkyl halides is 3. The van der Waals surface area contributed by atoms with Gasteiger partial charge in [0.1, 0.15) is 6.10 Å². The lowest BCUT2D eigenvalue weighted by atomic mass is 9.77. The number of carbonyl (C=O) groups is 2. The van der Waals surface area contributed by atoms with Gasteiger partial charge in [0, 0.05) is 39.2 Å². The third kappa shape index (κ3) is 4.64. The molecule has 3 rings (SSSR count). The Balaban J connectivity index is 2.06. The average molecular weight is 504 g/mol. The molecule has 0 aliphatic carbocycles. The van der Waals surface area contributed by atoms with Crippen molar-refractivity contribution < 1.29 is 45.8 Å². The number of halogens is 5. The number of nitroso groups, excluding NO2 is 1. The number of carbonyl (C=O) groups excluding carboxylic acids is 2. The zero-order chi connectivity index (χ0) is 26.3. The molecule has 35 heavy (non-hydrogen) atoms. The van der Waals surface area contributed by atoms with Crippen molar-refractivity contribution in [2.75, 3.05) is 6.61 Å². The highest BCUT2D eigenvalue weighted by Gasteiger charge is 2.66. The molecule has 2 heterocycles. The van der Waals surface area contributed by atoms with Crippen molar-refractivity contribution in [3.05, 3.63) is 58.3 Å². The first-order valence-corrected chi connectivity index (χ1v) is 10.5. The summed E-state index contributed by atoms with van der Waals surface area (Å²) in [6.07, 6.45) is -3.71. The first kappa shape index (κ1) is 26.3. The molecular weight excluding hydrogens is 481 g/mol. The van der Waals surface area contributed by atoms with E-state index in [1.54, 1.807) is 0 Å². The van der Waals surface area contributed by atoms with Gasteiger partial charge in [-0.1, -0.05) is 13.0 Å². The molecule has 0 radical (unpaired) electrons. The normalized spacial score (nSPS) is 28.6. The standard InChI is InChI=1S/C22H22F5N3O5/c1-4-34-17-12(5-6-13(23)16(17)24)15-10(2)21(3,22(25,26)27)35-18(15)20(32)29-11-7-8-30(33)14(9-11)19(28)31/h5-10,14-15,18H,4H2,1-3H3,(H2-,28,29,31,32)/p+1/t10-,14+,15+,18?,21-/m1/s1. The Hall–Kier alpha value is -3.35. The Kier molecular flexibility index (Phi) is 7.02. The largest absolute Gasteiger partial charge is 0.490 e. The van der Waals surface area contributed by atoms with Crippen LogP contribution in [-0.2, 0) is 14.3 Å². The van der Waals surface area contributed by atoms with Crippen LogP contribution in [0.5, 0.6) is 5.75 Å². The van der Waals surface area contributed by atoms with Crippen LogP contribution in [0.15, 0.2) is 36.2 Å². The van der Waals surface area contributed by atoms with E-state index in [0.717, 1.165) is 37.4 Å². The smallest absolute Gasteiger partial charge is 0.417 e. The van der Waals surface area contributed by atoms with Crippen molar-refractivity contribution in [1.82, 2.24) is 5.32 Å². The SMILES string of the molecule is CCOc1c([C@H]2C(C(=O)NC3=C[C@@H](C(N)=O)[N+](=O)C=C3)O[C@@](C)(C(F)(F)F)[C@@H]2C)ccc(F)c1F. The molecule has 8 nitrogen and oxygen atoms in total. The number of primary amides is 1. The van der Waals surface area contributed by atoms with Gasteiger partial charge in [-0.15, -0.1) is 0 Å². The first-order chi connectivity index (χ1) is 16.2. The number of allylic oxidation sites excluding steroid dienone is 1. The van der Waals surface area contributed by atoms with Crippen LogP contribution in [0.25, 0.3) is 0 Å². The summed E-state index contributed by atoms with van der Waals surface area (Å²) in [5.41, 5.74) is 2.05. The number of hydrogen-bond donors (Lipinski definition) is 2. The van der Waals surface area contributed by atoms with Crippen molar-refractivity contribution >= 4 is 11.8 Å². The molecule has 0 spiro atoms. The molecule has 2 aliphatic rings. The molecule has 0 saturated carbocycles. The van der Waals surface area contributed by atoms with Crippen LogP contribution >= 0.6 is 0 Å². The minimum Gasteiger partial charge on any atom is -0.490 e. The predicted octanol–water partition coefficient (Wildman–Crippen LogP) is 2.96. The van der Waals surface area contributed by atoms with Crippen molar-refractivity contribution in [2.24, 2.45) is 11.7 Å². The summed E-state index contributed by atoms with van der Waals surface area (Å²) in [7, 11) is 0. The van der Waals surface area contributed by atoms with Gasteiger partial charge < -0.3 is 20.5 Å². The van der Waals surface area contributed by atoms with E-state index in [1.807, 2.05) is 0 Å². The van der Waals surface area contributed by atoms with Crippen molar-refractivity contribution in [2.45, 2.75) is 50.6 Å². The number of benzene rings is 1. The third-order valence-electron chi connectivity index (χ3n) is 6.23. The van der Waals surface area contributed by atoms with Gasteiger partial charge in [-0.05, 0) is 19.9 Å². The number of nitrogens with zero attached hydrogens (tertiary/aromatic N) is 1. The fourth-order valence-electron chi connectivity index (χ4n) is 4.17. The van der Waals surface area contributed by atoms with Crippen molar-refractivity contribution in [3.63, 3.8) is 0 Å². The summed E-state index contributed by atoms with van der Waals surface area (Å²) in [4.78, 5) is 36.3. The maximum atomic E-state index is 14.6. The summed E-state index contributed by atoms with van der Waals surface area (Å²) < 4.78 is 81.2. The molecule has 0 bridgehead atoms. The van der Waals surface area contributed by atoms with Crippen LogP contribution in [0.2, 0.25) is 0 Å². The Morgan fingerprint density at radius 3 is 2.51 bits per heavy atom. The van der Waals surface area contributed by atoms with Crippen LogP contribution < -0.4 is 15.8 Å². The zero-order valence-electron chi connectivity index (χ0n) is 18.9. The Morgan fingerprint density at radius 2 is 1.94 bits per heavy atom. The average Bonchev–Trinajstić information content (AvgIpc) is 3.05. The van der Waals surface area contributed by atoms with Gasteiger partial charge in [0.05, 0.1) is 12.3 Å². The molecule has 2 aliphatic heterocycles. The van der Waals surface area contributed by atoms with E-state index in [-0.39, 0.29) is 22.6 Å². The fourth-order valence-corrected chi connectivity index (χ4v) is 4.17. The number of ether oxygens (including phenoxy) is 2. The maximum absolute atomic E-state index is 14.6. The maximum Gasteiger partial charge on any atom is 0.417 e. The molecule has 1 saturated heterocycles. The lowest BCUT2D eigenvalue weighted by Gasteiger charge is -2.32. The summed E-state index contributed by atoms with van der Waals surface area (Å²) in [6.45, 7) is 3.29. The fraction of sp³-hybridized carbons (Fsp3) is 0.455. The monoisotopic (exact) mass is 504 g/mol. The topological polar surface area (TPSA) is 111 Å². The van der Waals surface area contributed by atoms with Gasteiger partial charge >= 0.3 is 12.2 Å². The van der Waals surface area contributed by atoms with E-state index < -0.39 is 65.0 Å². The van der Waals surface area contributed by atoms with Gasteiger partial charge in [0.25, 0.3) is 11.8 Å². The molecule has 0 aromatic heterocycles. The van der Waals surface area contributed by atoms with Crippen LogP contribution in [0, 0.1) is 22.5 Å². The van der Waals surface area contributed by atoms with Gasteiger partial charge in [0.15, 0.2) is 17.2 Å². The predicted molar refractivity (Wildman–Crippen MR) is 111 cm³/mol. The Bertz CT molecular complexity index is 1120. The second-order valence-corrected chi connectivity index (χ2v) is 8.30. The number of nitrogens with one attached hydrogen (secondary N) is 1. The van der Waals surface area contributed by atoms with Crippen molar-refractivity contribution in [3.8, 4) is 5.75 Å². The van der Waals surface area contributed by atoms with Gasteiger partial charge in [0.2, 0.25) is 12.0 Å². The van der Waals surface area contributed by atoms with E-state index in [4.69, 9.17) is 15.2 Å². The lowest BCUT2D eigenvalue weighted by molar-refractivity contribution is -0.495. The number of amides is 2. The highest BCUT2D eigenvalue weighted by atomic mass is 19.4. The molecule has 1 unspecified atom stereocenters. The molecular formula is C22H23F5N3O5+. The van der Waals surface area contributed by atoms with Gasteiger partial charge in [-0.2, -0.15) is 17.6 Å². The third-order valence-corrected chi connectivity index (χ3v) is 6.23. The molecule has 13 heteroatoms. The lowest BCUT2D eigenvalue weighted by Crippen LogP contribution is -2.47. The summed E-state index contributed by atoms with van der Waals surface area (Å²) >= 11 is 0. The highest BCUT2D eigenvalue weighted by Crippen LogP contribution is 2.54.